The maximum atomic E-state index is 11.4. The Kier molecular flexibility index (Phi) is 5.13. The highest BCUT2D eigenvalue weighted by atomic mass is 16.7. The number of nitrogens with one attached hydrogen (secondary N) is 2. The molecule has 0 aromatic heterocycles. The van der Waals surface area contributed by atoms with Crippen LogP contribution in [0.25, 0.3) is 0 Å². The van der Waals surface area contributed by atoms with Gasteiger partial charge in [0.25, 0.3) is 0 Å². The van der Waals surface area contributed by atoms with E-state index >= 15 is 0 Å². The van der Waals surface area contributed by atoms with Crippen LogP contribution in [-0.2, 0) is 14.3 Å². The summed E-state index contributed by atoms with van der Waals surface area (Å²) in [7, 11) is 0. The molecule has 2 bridgehead atoms. The number of ether oxygens (including phenoxy) is 2. The van der Waals surface area contributed by atoms with Crippen LogP contribution in [0.5, 0.6) is 0 Å². The quantitative estimate of drug-likeness (QED) is 0.681. The molecule has 1 saturated carbocycles. The summed E-state index contributed by atoms with van der Waals surface area (Å²) in [6, 6.07) is 23.0. The van der Waals surface area contributed by atoms with Gasteiger partial charge >= 0.3 is 0 Å². The van der Waals surface area contributed by atoms with Crippen LogP contribution in [0.15, 0.2) is 54.6 Å². The first-order valence-corrected chi connectivity index (χ1v) is 11.5. The molecule has 2 saturated heterocycles. The number of anilines is 1. The first kappa shape index (κ1) is 22.6. The summed E-state index contributed by atoms with van der Waals surface area (Å²) in [4.78, 5) is 11.4. The van der Waals surface area contributed by atoms with Gasteiger partial charge in [-0.05, 0) is 42.0 Å². The van der Waals surface area contributed by atoms with Crippen LogP contribution < -0.4 is 5.32 Å². The summed E-state index contributed by atoms with van der Waals surface area (Å²) in [5.74, 6) is -2.44. The second-order valence-corrected chi connectivity index (χ2v) is 9.43. The lowest BCUT2D eigenvalue weighted by atomic mass is 9.50. The average Bonchev–Trinajstić information content (AvgIpc) is 3.08. The number of benzene rings is 2. The smallest absolute Gasteiger partial charge is 0.221 e. The van der Waals surface area contributed by atoms with Crippen LogP contribution >= 0.6 is 0 Å². The molecule has 8 nitrogen and oxygen atoms in total. The maximum absolute atomic E-state index is 11.4. The van der Waals surface area contributed by atoms with Gasteiger partial charge in [-0.3, -0.25) is 10.2 Å². The van der Waals surface area contributed by atoms with Crippen molar-refractivity contribution < 1.29 is 14.3 Å². The van der Waals surface area contributed by atoms with Gasteiger partial charge in [0.2, 0.25) is 23.0 Å². The standard InChI is InChI=1S/C27H23N5O3/c1-17(33)32-21-9-7-19(8-10-21)23-25(14-28,15-29)26(16-30)22-13-20(18-5-3-2-4-6-18)11-12-27(22,34-23)35-24(26)31/h2-10,20,22-23,31H,11-13H2,1H3,(H,32,33). The van der Waals surface area contributed by atoms with Gasteiger partial charge in [0, 0.05) is 19.0 Å². The normalized spacial score (nSPS) is 32.2. The molecular weight excluding hydrogens is 442 g/mol. The molecule has 3 aliphatic rings. The van der Waals surface area contributed by atoms with E-state index in [0.717, 1.165) is 12.0 Å². The van der Waals surface area contributed by atoms with Crippen LogP contribution in [0, 0.1) is 56.2 Å². The van der Waals surface area contributed by atoms with Crippen LogP contribution in [0.2, 0.25) is 0 Å². The first-order valence-electron chi connectivity index (χ1n) is 11.5. The van der Waals surface area contributed by atoms with Gasteiger partial charge in [-0.2, -0.15) is 15.8 Å². The molecule has 0 radical (unpaired) electrons. The Morgan fingerprint density at radius 3 is 2.31 bits per heavy atom. The van der Waals surface area contributed by atoms with Gasteiger partial charge in [-0.25, -0.2) is 0 Å². The van der Waals surface area contributed by atoms with Crippen molar-refractivity contribution in [1.29, 1.82) is 21.2 Å². The van der Waals surface area contributed by atoms with Gasteiger partial charge in [-0.15, -0.1) is 0 Å². The molecule has 2 aromatic carbocycles. The van der Waals surface area contributed by atoms with Gasteiger partial charge in [0.05, 0.1) is 24.1 Å². The molecule has 174 valence electrons. The number of amides is 1. The Morgan fingerprint density at radius 1 is 1.03 bits per heavy atom. The summed E-state index contributed by atoms with van der Waals surface area (Å²) in [6.45, 7) is 1.40. The van der Waals surface area contributed by atoms with E-state index < -0.39 is 28.6 Å². The van der Waals surface area contributed by atoms with Crippen molar-refractivity contribution in [2.75, 3.05) is 5.32 Å². The van der Waals surface area contributed by atoms with Crippen LogP contribution in [0.3, 0.4) is 0 Å². The summed E-state index contributed by atoms with van der Waals surface area (Å²) in [6.07, 6.45) is 0.488. The fraction of sp³-hybridized carbons (Fsp3) is 0.370. The Bertz CT molecular complexity index is 1310. The second kappa shape index (κ2) is 7.94. The molecule has 3 fully saturated rings. The maximum Gasteiger partial charge on any atom is 0.221 e. The summed E-state index contributed by atoms with van der Waals surface area (Å²) in [5.41, 5.74) is -1.63. The predicted octanol–water partition coefficient (Wildman–Crippen LogP) is 4.55. The molecule has 8 heteroatoms. The summed E-state index contributed by atoms with van der Waals surface area (Å²) < 4.78 is 12.5. The molecular formula is C27H23N5O3. The van der Waals surface area contributed by atoms with E-state index in [-0.39, 0.29) is 17.7 Å². The lowest BCUT2D eigenvalue weighted by molar-refractivity contribution is -0.296. The van der Waals surface area contributed by atoms with E-state index in [1.54, 1.807) is 24.3 Å². The molecule has 2 aromatic rings. The summed E-state index contributed by atoms with van der Waals surface area (Å²) in [5, 5.41) is 42.9. The third kappa shape index (κ3) is 2.99. The van der Waals surface area contributed by atoms with Gasteiger partial charge < -0.3 is 14.8 Å². The number of rotatable bonds is 3. The lowest BCUT2D eigenvalue weighted by Crippen LogP contribution is -2.60. The molecule has 35 heavy (non-hydrogen) atoms. The van der Waals surface area contributed by atoms with Crippen LogP contribution in [0.4, 0.5) is 5.69 Å². The van der Waals surface area contributed by atoms with Crippen LogP contribution in [0.1, 0.15) is 49.3 Å². The minimum absolute atomic E-state index is 0.0868. The molecule has 1 aliphatic carbocycles. The zero-order valence-electron chi connectivity index (χ0n) is 19.1. The Labute approximate surface area is 203 Å². The first-order chi connectivity index (χ1) is 16.9. The predicted molar refractivity (Wildman–Crippen MR) is 124 cm³/mol. The topological polar surface area (TPSA) is 143 Å². The lowest BCUT2D eigenvalue weighted by Gasteiger charge is -2.52. The number of nitriles is 3. The Morgan fingerprint density at radius 2 is 1.71 bits per heavy atom. The third-order valence-corrected chi connectivity index (χ3v) is 7.71. The van der Waals surface area contributed by atoms with Crippen molar-refractivity contribution >= 4 is 17.5 Å². The van der Waals surface area contributed by atoms with E-state index in [0.29, 0.717) is 24.1 Å². The summed E-state index contributed by atoms with van der Waals surface area (Å²) >= 11 is 0. The largest absolute Gasteiger partial charge is 0.447 e. The molecule has 0 spiro atoms. The number of carbonyl (C=O) groups is 1. The van der Waals surface area contributed by atoms with E-state index in [4.69, 9.17) is 14.9 Å². The monoisotopic (exact) mass is 465 g/mol. The Balaban J connectivity index is 1.62. The van der Waals surface area contributed by atoms with Crippen molar-refractivity contribution in [3.05, 3.63) is 65.7 Å². The molecule has 2 heterocycles. The minimum Gasteiger partial charge on any atom is -0.447 e. The molecule has 5 unspecified atom stereocenters. The molecule has 2 aliphatic heterocycles. The van der Waals surface area contributed by atoms with Crippen molar-refractivity contribution in [2.45, 2.75) is 44.0 Å². The second-order valence-electron chi connectivity index (χ2n) is 9.43. The number of hydrogen-bond acceptors (Lipinski definition) is 7. The van der Waals surface area contributed by atoms with Crippen molar-refractivity contribution in [3.63, 3.8) is 0 Å². The SMILES string of the molecule is CC(=O)Nc1ccc(C2OC34CCC(c5ccccc5)CC3C(C#N)(C(=N)O4)C2(C#N)C#N)cc1. The molecule has 1 amide bonds. The number of nitrogens with zero attached hydrogens (tertiary/aromatic N) is 3. The van der Waals surface area contributed by atoms with Gasteiger partial charge in [0.15, 0.2) is 5.41 Å². The van der Waals surface area contributed by atoms with Crippen LogP contribution in [-0.4, -0.2) is 17.6 Å². The molecule has 2 N–H and O–H groups in total. The minimum atomic E-state index is -2.00. The van der Waals surface area contributed by atoms with E-state index in [9.17, 15) is 20.6 Å². The Hall–Kier alpha value is -4.19. The van der Waals surface area contributed by atoms with E-state index in [1.165, 1.54) is 6.92 Å². The van der Waals surface area contributed by atoms with Crippen molar-refractivity contribution in [2.24, 2.45) is 16.7 Å². The highest BCUT2D eigenvalue weighted by Crippen LogP contribution is 2.70. The zero-order chi connectivity index (χ0) is 24.8. The number of hydrogen-bond donors (Lipinski definition) is 2. The van der Waals surface area contributed by atoms with Gasteiger partial charge in [0.1, 0.15) is 6.10 Å². The molecule has 5 rings (SSSR count). The molecule has 5 atom stereocenters. The highest BCUT2D eigenvalue weighted by Gasteiger charge is 2.81. The van der Waals surface area contributed by atoms with Crippen molar-refractivity contribution in [1.82, 2.24) is 0 Å². The zero-order valence-corrected chi connectivity index (χ0v) is 19.1. The van der Waals surface area contributed by atoms with E-state index in [1.807, 2.05) is 30.3 Å². The van der Waals surface area contributed by atoms with E-state index in [2.05, 4.69) is 23.5 Å². The fourth-order valence-electron chi connectivity index (χ4n) is 6.11. The average molecular weight is 466 g/mol. The van der Waals surface area contributed by atoms with Gasteiger partial charge in [-0.1, -0.05) is 42.5 Å². The fourth-order valence-corrected chi connectivity index (χ4v) is 6.11. The number of carbonyl (C=O) groups excluding carboxylic acids is 1. The highest BCUT2D eigenvalue weighted by molar-refractivity contribution is 5.90. The third-order valence-electron chi connectivity index (χ3n) is 7.71. The van der Waals surface area contributed by atoms with Crippen molar-refractivity contribution in [3.8, 4) is 18.2 Å².